The molecule has 0 amide bonds. The van der Waals surface area contributed by atoms with Gasteiger partial charge >= 0.3 is 0 Å². The van der Waals surface area contributed by atoms with Crippen molar-refractivity contribution in [1.29, 1.82) is 0 Å². The van der Waals surface area contributed by atoms with Crippen LogP contribution in [0.3, 0.4) is 0 Å². The molecule has 0 bridgehead atoms. The summed E-state index contributed by atoms with van der Waals surface area (Å²) < 4.78 is 0. The maximum atomic E-state index is 12.6. The molecule has 7 heteroatoms. The van der Waals surface area contributed by atoms with Crippen LogP contribution in [0.4, 0.5) is 0 Å². The minimum absolute atomic E-state index is 0.109. The molecular formula is C18H20N4OS2. The summed E-state index contributed by atoms with van der Waals surface area (Å²) in [4.78, 5) is 25.1. The van der Waals surface area contributed by atoms with E-state index in [1.165, 1.54) is 23.1 Å². The molecule has 0 fully saturated rings. The summed E-state index contributed by atoms with van der Waals surface area (Å²) in [6.07, 6.45) is 2.12. The SMILES string of the molecule is CCCCN=C(N)SCc1nc2scc(-c3ccccc3)c2c(=O)[nH]1. The lowest BCUT2D eigenvalue weighted by molar-refractivity contribution is 0.809. The summed E-state index contributed by atoms with van der Waals surface area (Å²) in [6.45, 7) is 2.86. The topological polar surface area (TPSA) is 84.1 Å². The molecule has 0 unspecified atom stereocenters. The van der Waals surface area contributed by atoms with Gasteiger partial charge in [-0.05, 0) is 12.0 Å². The summed E-state index contributed by atoms with van der Waals surface area (Å²) in [6, 6.07) is 9.89. The zero-order chi connectivity index (χ0) is 17.6. The van der Waals surface area contributed by atoms with Crippen LogP contribution in [-0.2, 0) is 5.75 Å². The van der Waals surface area contributed by atoms with Crippen molar-refractivity contribution in [3.05, 3.63) is 51.9 Å². The molecule has 0 saturated carbocycles. The van der Waals surface area contributed by atoms with E-state index in [1.807, 2.05) is 35.7 Å². The van der Waals surface area contributed by atoms with Crippen molar-refractivity contribution in [1.82, 2.24) is 9.97 Å². The van der Waals surface area contributed by atoms with Crippen LogP contribution in [0.5, 0.6) is 0 Å². The number of amidine groups is 1. The Morgan fingerprint density at radius 2 is 2.16 bits per heavy atom. The number of fused-ring (bicyclic) bond motifs is 1. The molecule has 3 N–H and O–H groups in total. The standard InChI is InChI=1S/C18H20N4OS2/c1-2-3-9-20-18(19)25-11-14-21-16(23)15-13(10-24-17(15)22-14)12-7-5-4-6-8-12/h4-8,10H,2-3,9,11H2,1H3,(H2,19,20)(H,21,22,23). The number of H-pyrrole nitrogens is 1. The number of nitrogens with two attached hydrogens (primary N) is 1. The van der Waals surface area contributed by atoms with Gasteiger partial charge in [-0.25, -0.2) is 4.98 Å². The first-order valence-electron chi connectivity index (χ1n) is 8.17. The van der Waals surface area contributed by atoms with Gasteiger partial charge in [0.15, 0.2) is 5.17 Å². The van der Waals surface area contributed by atoms with Crippen molar-refractivity contribution < 1.29 is 0 Å². The van der Waals surface area contributed by atoms with Gasteiger partial charge in [0.1, 0.15) is 10.7 Å². The number of aromatic nitrogens is 2. The largest absolute Gasteiger partial charge is 0.379 e. The highest BCUT2D eigenvalue weighted by atomic mass is 32.2. The lowest BCUT2D eigenvalue weighted by atomic mass is 10.1. The van der Waals surface area contributed by atoms with Gasteiger partial charge in [0.05, 0.1) is 11.1 Å². The summed E-state index contributed by atoms with van der Waals surface area (Å²) in [5.74, 6) is 1.13. The number of aromatic amines is 1. The molecule has 2 heterocycles. The highest BCUT2D eigenvalue weighted by Crippen LogP contribution is 2.30. The van der Waals surface area contributed by atoms with Gasteiger partial charge in [-0.3, -0.25) is 9.79 Å². The number of aliphatic imine (C=N–C) groups is 1. The molecule has 0 aliphatic heterocycles. The normalized spacial score (nSPS) is 12.0. The average molecular weight is 373 g/mol. The Morgan fingerprint density at radius 3 is 2.92 bits per heavy atom. The number of unbranched alkanes of at least 4 members (excludes halogenated alkanes) is 1. The van der Waals surface area contributed by atoms with Gasteiger partial charge in [-0.1, -0.05) is 55.4 Å². The highest BCUT2D eigenvalue weighted by Gasteiger charge is 2.13. The fraction of sp³-hybridized carbons (Fsp3) is 0.278. The van der Waals surface area contributed by atoms with E-state index in [9.17, 15) is 4.79 Å². The molecule has 0 atom stereocenters. The maximum absolute atomic E-state index is 12.6. The van der Waals surface area contributed by atoms with Crippen molar-refractivity contribution in [2.45, 2.75) is 25.5 Å². The molecule has 3 rings (SSSR count). The van der Waals surface area contributed by atoms with Crippen LogP contribution in [0.15, 0.2) is 45.5 Å². The van der Waals surface area contributed by atoms with Crippen molar-refractivity contribution in [2.24, 2.45) is 10.7 Å². The predicted molar refractivity (Wildman–Crippen MR) is 108 cm³/mol. The monoisotopic (exact) mass is 372 g/mol. The Kier molecular flexibility index (Phi) is 5.88. The molecular weight excluding hydrogens is 352 g/mol. The number of thioether (sulfide) groups is 1. The fourth-order valence-corrected chi connectivity index (χ4v) is 4.00. The first-order chi connectivity index (χ1) is 12.2. The van der Waals surface area contributed by atoms with Gasteiger partial charge in [-0.15, -0.1) is 11.3 Å². The molecule has 25 heavy (non-hydrogen) atoms. The summed E-state index contributed by atoms with van der Waals surface area (Å²) >= 11 is 2.89. The minimum Gasteiger partial charge on any atom is -0.379 e. The van der Waals surface area contributed by atoms with Crippen LogP contribution in [0, 0.1) is 0 Å². The Hall–Kier alpha value is -2.12. The van der Waals surface area contributed by atoms with Crippen molar-refractivity contribution in [3.8, 4) is 11.1 Å². The molecule has 2 aromatic heterocycles. The van der Waals surface area contributed by atoms with Crippen LogP contribution in [-0.4, -0.2) is 21.7 Å². The van der Waals surface area contributed by atoms with Gasteiger partial charge < -0.3 is 10.7 Å². The van der Waals surface area contributed by atoms with E-state index in [4.69, 9.17) is 5.73 Å². The van der Waals surface area contributed by atoms with Gasteiger partial charge in [0.25, 0.3) is 5.56 Å². The van der Waals surface area contributed by atoms with Crippen LogP contribution >= 0.6 is 23.1 Å². The first kappa shape index (κ1) is 17.7. The molecule has 5 nitrogen and oxygen atoms in total. The summed E-state index contributed by atoms with van der Waals surface area (Å²) in [5.41, 5.74) is 7.73. The van der Waals surface area contributed by atoms with E-state index in [-0.39, 0.29) is 5.56 Å². The van der Waals surface area contributed by atoms with Crippen molar-refractivity contribution >= 4 is 38.5 Å². The minimum atomic E-state index is -0.109. The number of nitrogens with zero attached hydrogens (tertiary/aromatic N) is 2. The third kappa shape index (κ3) is 4.29. The second-order valence-corrected chi connectivity index (χ2v) is 7.42. The summed E-state index contributed by atoms with van der Waals surface area (Å²) in [7, 11) is 0. The third-order valence-electron chi connectivity index (χ3n) is 3.71. The molecule has 3 aromatic rings. The van der Waals surface area contributed by atoms with Gasteiger partial charge in [-0.2, -0.15) is 0 Å². The average Bonchev–Trinajstić information content (AvgIpc) is 3.05. The summed E-state index contributed by atoms with van der Waals surface area (Å²) in [5, 5.41) is 3.17. The molecule has 1 aromatic carbocycles. The number of nitrogens with one attached hydrogen (secondary N) is 1. The molecule has 0 saturated heterocycles. The number of benzene rings is 1. The maximum Gasteiger partial charge on any atom is 0.260 e. The smallest absolute Gasteiger partial charge is 0.260 e. The van der Waals surface area contributed by atoms with Gasteiger partial charge in [0, 0.05) is 17.5 Å². The fourth-order valence-electron chi connectivity index (χ4n) is 2.43. The van der Waals surface area contributed by atoms with Crippen LogP contribution in [0.25, 0.3) is 21.3 Å². The van der Waals surface area contributed by atoms with E-state index in [0.717, 1.165) is 35.3 Å². The Balaban J connectivity index is 1.82. The van der Waals surface area contributed by atoms with E-state index in [0.29, 0.717) is 22.1 Å². The van der Waals surface area contributed by atoms with Crippen molar-refractivity contribution in [3.63, 3.8) is 0 Å². The second kappa shape index (κ2) is 8.31. The zero-order valence-corrected chi connectivity index (χ0v) is 15.6. The van der Waals surface area contributed by atoms with E-state index in [2.05, 4.69) is 21.9 Å². The number of thiophene rings is 1. The number of hydrogen-bond acceptors (Lipinski definition) is 5. The molecule has 0 spiro atoms. The van der Waals surface area contributed by atoms with E-state index in [1.54, 1.807) is 0 Å². The van der Waals surface area contributed by atoms with E-state index < -0.39 is 0 Å². The van der Waals surface area contributed by atoms with Gasteiger partial charge in [0.2, 0.25) is 0 Å². The highest BCUT2D eigenvalue weighted by molar-refractivity contribution is 8.13. The predicted octanol–water partition coefficient (Wildman–Crippen LogP) is 4.00. The third-order valence-corrected chi connectivity index (χ3v) is 5.43. The van der Waals surface area contributed by atoms with E-state index >= 15 is 0 Å². The lowest BCUT2D eigenvalue weighted by Crippen LogP contribution is -2.13. The van der Waals surface area contributed by atoms with Crippen LogP contribution in [0.1, 0.15) is 25.6 Å². The van der Waals surface area contributed by atoms with Crippen LogP contribution in [0.2, 0.25) is 0 Å². The molecule has 0 radical (unpaired) electrons. The lowest BCUT2D eigenvalue weighted by Gasteiger charge is -2.03. The first-order valence-corrected chi connectivity index (χ1v) is 10.0. The Bertz CT molecular complexity index is 931. The second-order valence-electron chi connectivity index (χ2n) is 5.57. The van der Waals surface area contributed by atoms with Crippen molar-refractivity contribution in [2.75, 3.05) is 6.54 Å². The Labute approximate surface area is 154 Å². The van der Waals surface area contributed by atoms with Crippen LogP contribution < -0.4 is 11.3 Å². The Morgan fingerprint density at radius 1 is 1.36 bits per heavy atom. The molecule has 130 valence electrons. The zero-order valence-electron chi connectivity index (χ0n) is 14.0. The molecule has 0 aliphatic carbocycles. The quantitative estimate of drug-likeness (QED) is 0.389. The number of hydrogen-bond donors (Lipinski definition) is 2. The molecule has 0 aliphatic rings. The number of rotatable bonds is 6.